The van der Waals surface area contributed by atoms with Crippen LogP contribution in [0.5, 0.6) is 0 Å². The van der Waals surface area contributed by atoms with E-state index < -0.39 is 36.0 Å². The Labute approximate surface area is 133 Å². The first-order valence-electron chi connectivity index (χ1n) is 6.73. The second-order valence-corrected chi connectivity index (χ2v) is 5.83. The van der Waals surface area contributed by atoms with E-state index in [1.54, 1.807) is 0 Å². The summed E-state index contributed by atoms with van der Waals surface area (Å²) in [4.78, 5) is 3.45. The van der Waals surface area contributed by atoms with E-state index in [1.165, 1.54) is 12.1 Å². The third kappa shape index (κ3) is 5.26. The van der Waals surface area contributed by atoms with Gasteiger partial charge in [-0.05, 0) is 18.8 Å². The number of halogens is 3. The summed E-state index contributed by atoms with van der Waals surface area (Å²) < 4.78 is 43.1. The van der Waals surface area contributed by atoms with Crippen LogP contribution in [0.15, 0.2) is 18.2 Å². The van der Waals surface area contributed by atoms with Gasteiger partial charge in [0, 0.05) is 7.11 Å². The lowest BCUT2D eigenvalue weighted by atomic mass is 10.0. The molecule has 23 heavy (non-hydrogen) atoms. The van der Waals surface area contributed by atoms with Crippen molar-refractivity contribution in [2.75, 3.05) is 25.7 Å². The summed E-state index contributed by atoms with van der Waals surface area (Å²) in [5, 5.41) is 29.5. The highest BCUT2D eigenvalue weighted by molar-refractivity contribution is 7.37. The molecule has 1 fully saturated rings. The van der Waals surface area contributed by atoms with Crippen molar-refractivity contribution in [2.24, 2.45) is 0 Å². The Hall–Kier alpha value is -0.990. The van der Waals surface area contributed by atoms with Gasteiger partial charge in [0.2, 0.25) is 0 Å². The van der Waals surface area contributed by atoms with E-state index in [2.05, 4.69) is 10.3 Å². The van der Waals surface area contributed by atoms with Crippen LogP contribution in [-0.4, -0.2) is 64.8 Å². The lowest BCUT2D eigenvalue weighted by molar-refractivity contribution is -0.141. The van der Waals surface area contributed by atoms with Crippen molar-refractivity contribution in [3.63, 3.8) is 0 Å². The third-order valence-electron chi connectivity index (χ3n) is 3.19. The number of nitrogens with zero attached hydrogens (tertiary/aromatic N) is 1. The van der Waals surface area contributed by atoms with Crippen molar-refractivity contribution in [1.82, 2.24) is 4.98 Å². The van der Waals surface area contributed by atoms with Crippen LogP contribution in [-0.2, 0) is 10.9 Å². The van der Waals surface area contributed by atoms with Crippen LogP contribution in [0.1, 0.15) is 5.69 Å². The fourth-order valence-corrected chi connectivity index (χ4v) is 2.87. The number of hydrogen-bond acceptors (Lipinski definition) is 6. The first-order valence-corrected chi connectivity index (χ1v) is 8.31. The topological polar surface area (TPSA) is 94.8 Å². The molecule has 5 atom stereocenters. The number of hydrogen-bond donors (Lipinski definition) is 4. The molecule has 4 N–H and O–H groups in total. The normalized spacial score (nSPS) is 28.3. The smallest absolute Gasteiger partial charge is 0.400 e. The minimum atomic E-state index is -4.53. The number of pyridine rings is 1. The SMILES string of the molecule is CO.CPC1OCC(Nc2cccc(C(F)(F)F)n2)C(O)C1O. The number of rotatable bonds is 3. The molecule has 0 saturated carbocycles. The summed E-state index contributed by atoms with van der Waals surface area (Å²) in [6.07, 6.45) is -6.74. The molecule has 1 aromatic rings. The third-order valence-corrected chi connectivity index (χ3v) is 4.26. The van der Waals surface area contributed by atoms with E-state index in [0.29, 0.717) is 8.58 Å². The molecule has 0 amide bonds. The van der Waals surface area contributed by atoms with E-state index in [4.69, 9.17) is 9.84 Å². The van der Waals surface area contributed by atoms with E-state index >= 15 is 0 Å². The van der Waals surface area contributed by atoms with Gasteiger partial charge in [-0.3, -0.25) is 0 Å². The van der Waals surface area contributed by atoms with E-state index in [1.807, 2.05) is 6.66 Å². The van der Waals surface area contributed by atoms with Gasteiger partial charge in [0.15, 0.2) is 0 Å². The monoisotopic (exact) mass is 356 g/mol. The molecule has 2 rings (SSSR count). The Morgan fingerprint density at radius 2 is 1.91 bits per heavy atom. The summed E-state index contributed by atoms with van der Waals surface area (Å²) in [5.41, 5.74) is -1.02. The maximum Gasteiger partial charge on any atom is 0.433 e. The molecule has 0 aliphatic carbocycles. The van der Waals surface area contributed by atoms with Crippen molar-refractivity contribution in [1.29, 1.82) is 0 Å². The number of alkyl halides is 3. The second-order valence-electron chi connectivity index (χ2n) is 4.68. The minimum Gasteiger partial charge on any atom is -0.400 e. The van der Waals surface area contributed by atoms with Gasteiger partial charge in [0.25, 0.3) is 0 Å². The van der Waals surface area contributed by atoms with Crippen molar-refractivity contribution in [2.45, 2.75) is 30.3 Å². The Morgan fingerprint density at radius 3 is 2.48 bits per heavy atom. The Morgan fingerprint density at radius 1 is 1.26 bits per heavy atom. The summed E-state index contributed by atoms with van der Waals surface area (Å²) >= 11 is 0. The largest absolute Gasteiger partial charge is 0.433 e. The number of ether oxygens (including phenoxy) is 1. The van der Waals surface area contributed by atoms with E-state index in [9.17, 15) is 23.4 Å². The first kappa shape index (κ1) is 20.1. The Bertz CT molecular complexity index is 493. The molecule has 0 bridgehead atoms. The number of aromatic nitrogens is 1. The van der Waals surface area contributed by atoms with E-state index in [-0.39, 0.29) is 12.4 Å². The number of aliphatic hydroxyl groups is 3. The van der Waals surface area contributed by atoms with Crippen LogP contribution in [0.3, 0.4) is 0 Å². The average molecular weight is 356 g/mol. The molecule has 5 unspecified atom stereocenters. The van der Waals surface area contributed by atoms with Gasteiger partial charge in [-0.25, -0.2) is 4.98 Å². The number of aliphatic hydroxyl groups excluding tert-OH is 3. The molecule has 0 aromatic carbocycles. The Kier molecular flexibility index (Phi) is 7.63. The van der Waals surface area contributed by atoms with Crippen LogP contribution in [0.25, 0.3) is 0 Å². The minimum absolute atomic E-state index is 0.0259. The maximum atomic E-state index is 12.6. The van der Waals surface area contributed by atoms with Gasteiger partial charge in [-0.15, -0.1) is 0 Å². The first-order chi connectivity index (χ1) is 10.8. The van der Waals surface area contributed by atoms with Crippen molar-refractivity contribution in [3.05, 3.63) is 23.9 Å². The van der Waals surface area contributed by atoms with Gasteiger partial charge < -0.3 is 25.4 Å². The number of anilines is 1. The van der Waals surface area contributed by atoms with Crippen molar-refractivity contribution in [3.8, 4) is 0 Å². The zero-order valence-electron chi connectivity index (χ0n) is 12.6. The lowest BCUT2D eigenvalue weighted by Crippen LogP contribution is -2.54. The van der Waals surface area contributed by atoms with Gasteiger partial charge in [0.1, 0.15) is 29.6 Å². The van der Waals surface area contributed by atoms with Crippen LogP contribution in [0.2, 0.25) is 0 Å². The molecule has 1 aliphatic rings. The van der Waals surface area contributed by atoms with Gasteiger partial charge >= 0.3 is 6.18 Å². The molecule has 0 radical (unpaired) electrons. The van der Waals surface area contributed by atoms with Gasteiger partial charge in [0.05, 0.1) is 12.6 Å². The Balaban J connectivity index is 0.00000127. The molecular formula is C13H20F3N2O4P. The van der Waals surface area contributed by atoms with E-state index in [0.717, 1.165) is 13.2 Å². The van der Waals surface area contributed by atoms with Crippen LogP contribution < -0.4 is 5.32 Å². The standard InChI is InChI=1S/C12H16F3N2O3P.CH4O/c1-21-11-10(19)9(18)6(5-20-11)16-8-4-2-3-7(17-8)12(13,14)15;1-2/h2-4,6,9-11,18-19,21H,5H2,1H3,(H,16,17);2H,1H3. The molecule has 10 heteroatoms. The van der Waals surface area contributed by atoms with Crippen LogP contribution in [0, 0.1) is 0 Å². The molecule has 1 saturated heterocycles. The summed E-state index contributed by atoms with van der Waals surface area (Å²) in [7, 11) is 1.30. The quantitative estimate of drug-likeness (QED) is 0.601. The highest BCUT2D eigenvalue weighted by atomic mass is 31.1. The van der Waals surface area contributed by atoms with Crippen LogP contribution >= 0.6 is 8.58 Å². The summed E-state index contributed by atoms with van der Waals surface area (Å²) in [6.45, 7) is 1.92. The molecule has 0 spiro atoms. The fourth-order valence-electron chi connectivity index (χ4n) is 2.07. The predicted molar refractivity (Wildman–Crippen MR) is 80.8 cm³/mol. The maximum absolute atomic E-state index is 12.6. The molecule has 132 valence electrons. The highest BCUT2D eigenvalue weighted by Gasteiger charge is 2.38. The zero-order valence-corrected chi connectivity index (χ0v) is 13.6. The predicted octanol–water partition coefficient (Wildman–Crippen LogP) is 0.876. The highest BCUT2D eigenvalue weighted by Crippen LogP contribution is 2.30. The second kappa shape index (κ2) is 8.75. The lowest BCUT2D eigenvalue weighted by Gasteiger charge is -2.37. The molecule has 6 nitrogen and oxygen atoms in total. The molecule has 2 heterocycles. The van der Waals surface area contributed by atoms with Gasteiger partial charge in [-0.2, -0.15) is 13.2 Å². The van der Waals surface area contributed by atoms with Crippen molar-refractivity contribution < 1.29 is 33.2 Å². The summed E-state index contributed by atoms with van der Waals surface area (Å²) in [6, 6.07) is 2.73. The molecule has 1 aliphatic heterocycles. The van der Waals surface area contributed by atoms with Gasteiger partial charge in [-0.1, -0.05) is 14.6 Å². The average Bonchev–Trinajstić information content (AvgIpc) is 2.53. The zero-order chi connectivity index (χ0) is 17.6. The molecular weight excluding hydrogens is 336 g/mol. The molecule has 1 aromatic heterocycles. The van der Waals surface area contributed by atoms with Crippen LogP contribution in [0.4, 0.5) is 19.0 Å². The summed E-state index contributed by atoms with van der Waals surface area (Å²) in [5.74, 6) is -0.477. The fraction of sp³-hybridized carbons (Fsp3) is 0.615. The van der Waals surface area contributed by atoms with Crippen molar-refractivity contribution >= 4 is 14.4 Å². The number of nitrogens with one attached hydrogen (secondary N) is 1.